The van der Waals surface area contributed by atoms with E-state index in [4.69, 9.17) is 17.3 Å². The van der Waals surface area contributed by atoms with Gasteiger partial charge in [0.05, 0.1) is 11.1 Å². The first-order chi connectivity index (χ1) is 8.58. The van der Waals surface area contributed by atoms with Gasteiger partial charge >= 0.3 is 0 Å². The van der Waals surface area contributed by atoms with Crippen LogP contribution in [0.5, 0.6) is 0 Å². The van der Waals surface area contributed by atoms with Gasteiger partial charge in [-0.25, -0.2) is 4.39 Å². The lowest BCUT2D eigenvalue weighted by molar-refractivity contribution is -0.122. The maximum atomic E-state index is 13.6. The minimum atomic E-state index is -0.500. The molecule has 1 fully saturated rings. The van der Waals surface area contributed by atoms with Crippen LogP contribution in [0.4, 0.5) is 4.39 Å². The SMILES string of the molecule is N[C@@H](CC1CC1)C(=O)NCc1cccc(Cl)c1F. The van der Waals surface area contributed by atoms with Gasteiger partial charge in [-0.05, 0) is 18.4 Å². The molecule has 0 spiro atoms. The van der Waals surface area contributed by atoms with Gasteiger partial charge < -0.3 is 11.1 Å². The Hall–Kier alpha value is -1.13. The van der Waals surface area contributed by atoms with Gasteiger partial charge in [0.25, 0.3) is 0 Å². The molecule has 0 bridgehead atoms. The van der Waals surface area contributed by atoms with Crippen LogP contribution in [0.15, 0.2) is 18.2 Å². The van der Waals surface area contributed by atoms with Gasteiger partial charge in [-0.1, -0.05) is 36.6 Å². The fourth-order valence-corrected chi connectivity index (χ4v) is 2.01. The van der Waals surface area contributed by atoms with Crippen LogP contribution >= 0.6 is 11.6 Å². The van der Waals surface area contributed by atoms with E-state index in [0.717, 1.165) is 12.8 Å². The molecule has 1 saturated carbocycles. The van der Waals surface area contributed by atoms with E-state index in [1.807, 2.05) is 0 Å². The molecule has 0 heterocycles. The molecule has 0 aliphatic heterocycles. The highest BCUT2D eigenvalue weighted by molar-refractivity contribution is 6.30. The fourth-order valence-electron chi connectivity index (χ4n) is 1.82. The molecule has 1 amide bonds. The Kier molecular flexibility index (Phi) is 4.19. The minimum absolute atomic E-state index is 0.0593. The maximum Gasteiger partial charge on any atom is 0.237 e. The van der Waals surface area contributed by atoms with Crippen molar-refractivity contribution in [3.05, 3.63) is 34.6 Å². The summed E-state index contributed by atoms with van der Waals surface area (Å²) in [6.45, 7) is 0.115. The Morgan fingerprint density at radius 3 is 2.94 bits per heavy atom. The van der Waals surface area contributed by atoms with E-state index in [2.05, 4.69) is 5.32 Å². The Morgan fingerprint density at radius 1 is 1.56 bits per heavy atom. The molecular formula is C13H16ClFN2O. The highest BCUT2D eigenvalue weighted by Crippen LogP contribution is 2.33. The second-order valence-corrected chi connectivity index (χ2v) is 5.12. The molecule has 1 atom stereocenters. The summed E-state index contributed by atoms with van der Waals surface area (Å²) in [5, 5.41) is 2.70. The molecule has 0 radical (unpaired) electrons. The first-order valence-corrected chi connectivity index (χ1v) is 6.42. The summed E-state index contributed by atoms with van der Waals surface area (Å²) in [5.41, 5.74) is 6.13. The zero-order chi connectivity index (χ0) is 13.1. The van der Waals surface area contributed by atoms with E-state index >= 15 is 0 Å². The zero-order valence-electron chi connectivity index (χ0n) is 9.96. The molecule has 98 valence electrons. The van der Waals surface area contributed by atoms with Gasteiger partial charge in [0, 0.05) is 12.1 Å². The lowest BCUT2D eigenvalue weighted by Crippen LogP contribution is -2.40. The first kappa shape index (κ1) is 13.3. The van der Waals surface area contributed by atoms with Crippen LogP contribution in [-0.2, 0) is 11.3 Å². The summed E-state index contributed by atoms with van der Waals surface area (Å²) >= 11 is 5.66. The summed E-state index contributed by atoms with van der Waals surface area (Å²) in [7, 11) is 0. The third-order valence-corrected chi connectivity index (χ3v) is 3.40. The molecular weight excluding hydrogens is 255 g/mol. The van der Waals surface area contributed by atoms with Crippen molar-refractivity contribution in [2.75, 3.05) is 0 Å². The summed E-state index contributed by atoms with van der Waals surface area (Å²) in [4.78, 5) is 11.7. The summed E-state index contributed by atoms with van der Waals surface area (Å²) in [6.07, 6.45) is 3.03. The van der Waals surface area contributed by atoms with E-state index in [0.29, 0.717) is 17.9 Å². The highest BCUT2D eigenvalue weighted by atomic mass is 35.5. The standard InChI is InChI=1S/C13H16ClFN2O/c14-10-3-1-2-9(12(10)15)7-17-13(18)11(16)6-8-4-5-8/h1-3,8,11H,4-7,16H2,(H,17,18)/t11-/m0/s1. The molecule has 0 saturated heterocycles. The van der Waals surface area contributed by atoms with Crippen molar-refractivity contribution in [3.8, 4) is 0 Å². The van der Waals surface area contributed by atoms with Gasteiger partial charge in [0.1, 0.15) is 5.82 Å². The molecule has 3 N–H and O–H groups in total. The minimum Gasteiger partial charge on any atom is -0.351 e. The Bertz CT molecular complexity index is 449. The number of rotatable bonds is 5. The third kappa shape index (κ3) is 3.43. The smallest absolute Gasteiger partial charge is 0.237 e. The van der Waals surface area contributed by atoms with Crippen LogP contribution in [0.3, 0.4) is 0 Å². The van der Waals surface area contributed by atoms with Crippen LogP contribution < -0.4 is 11.1 Å². The predicted molar refractivity (Wildman–Crippen MR) is 68.6 cm³/mol. The predicted octanol–water partition coefficient (Wildman–Crippen LogP) is 2.22. The average Bonchev–Trinajstić information content (AvgIpc) is 3.14. The van der Waals surface area contributed by atoms with Crippen LogP contribution in [0.1, 0.15) is 24.8 Å². The lowest BCUT2D eigenvalue weighted by atomic mass is 10.1. The normalized spacial score (nSPS) is 16.4. The second-order valence-electron chi connectivity index (χ2n) is 4.72. The molecule has 18 heavy (non-hydrogen) atoms. The summed E-state index contributed by atoms with van der Waals surface area (Å²) < 4.78 is 13.6. The molecule has 1 aliphatic carbocycles. The number of benzene rings is 1. The number of hydrogen-bond donors (Lipinski definition) is 2. The van der Waals surface area contributed by atoms with Crippen molar-refractivity contribution in [2.45, 2.75) is 31.8 Å². The van der Waals surface area contributed by atoms with Gasteiger partial charge in [0.15, 0.2) is 0 Å². The van der Waals surface area contributed by atoms with Crippen LogP contribution in [0.25, 0.3) is 0 Å². The number of amides is 1. The quantitative estimate of drug-likeness (QED) is 0.862. The second kappa shape index (κ2) is 5.67. The largest absolute Gasteiger partial charge is 0.351 e. The Labute approximate surface area is 111 Å². The van der Waals surface area contributed by atoms with Crippen molar-refractivity contribution in [3.63, 3.8) is 0 Å². The molecule has 3 nitrogen and oxygen atoms in total. The Balaban J connectivity index is 1.86. The van der Waals surface area contributed by atoms with Crippen LogP contribution in [0, 0.1) is 11.7 Å². The molecule has 0 unspecified atom stereocenters. The molecule has 0 aromatic heterocycles. The number of halogens is 2. The van der Waals surface area contributed by atoms with E-state index < -0.39 is 11.9 Å². The molecule has 1 aliphatic rings. The number of hydrogen-bond acceptors (Lipinski definition) is 2. The molecule has 1 aromatic rings. The van der Waals surface area contributed by atoms with Crippen molar-refractivity contribution in [1.29, 1.82) is 0 Å². The number of carbonyl (C=O) groups is 1. The summed E-state index contributed by atoms with van der Waals surface area (Å²) in [5.74, 6) is -0.134. The van der Waals surface area contributed by atoms with Gasteiger partial charge in [-0.15, -0.1) is 0 Å². The summed E-state index contributed by atoms with van der Waals surface area (Å²) in [6, 6.07) is 4.21. The topological polar surface area (TPSA) is 55.1 Å². The highest BCUT2D eigenvalue weighted by Gasteiger charge is 2.26. The van der Waals surface area contributed by atoms with E-state index in [1.165, 1.54) is 6.07 Å². The zero-order valence-corrected chi connectivity index (χ0v) is 10.7. The van der Waals surface area contributed by atoms with Gasteiger partial charge in [-0.3, -0.25) is 4.79 Å². The fraction of sp³-hybridized carbons (Fsp3) is 0.462. The number of carbonyl (C=O) groups excluding carboxylic acids is 1. The third-order valence-electron chi connectivity index (χ3n) is 3.11. The van der Waals surface area contributed by atoms with Gasteiger partial charge in [-0.2, -0.15) is 0 Å². The van der Waals surface area contributed by atoms with Crippen molar-refractivity contribution in [2.24, 2.45) is 11.7 Å². The van der Waals surface area contributed by atoms with Crippen molar-refractivity contribution in [1.82, 2.24) is 5.32 Å². The lowest BCUT2D eigenvalue weighted by Gasteiger charge is -2.12. The van der Waals surface area contributed by atoms with E-state index in [1.54, 1.807) is 12.1 Å². The van der Waals surface area contributed by atoms with Crippen molar-refractivity contribution < 1.29 is 9.18 Å². The average molecular weight is 271 g/mol. The molecule has 2 rings (SSSR count). The number of nitrogens with one attached hydrogen (secondary N) is 1. The van der Waals surface area contributed by atoms with E-state index in [-0.39, 0.29) is 17.5 Å². The monoisotopic (exact) mass is 270 g/mol. The van der Waals surface area contributed by atoms with Crippen molar-refractivity contribution >= 4 is 17.5 Å². The van der Waals surface area contributed by atoms with E-state index in [9.17, 15) is 9.18 Å². The first-order valence-electron chi connectivity index (χ1n) is 6.04. The van der Waals surface area contributed by atoms with Crippen LogP contribution in [0.2, 0.25) is 5.02 Å². The molecule has 5 heteroatoms. The number of nitrogens with two attached hydrogens (primary N) is 1. The molecule has 1 aromatic carbocycles. The maximum absolute atomic E-state index is 13.6. The van der Waals surface area contributed by atoms with Crippen LogP contribution in [-0.4, -0.2) is 11.9 Å². The van der Waals surface area contributed by atoms with Gasteiger partial charge in [0.2, 0.25) is 5.91 Å². The Morgan fingerprint density at radius 2 is 2.28 bits per heavy atom.